The Labute approximate surface area is 89.0 Å². The number of aryl methyl sites for hydroxylation is 1. The van der Waals surface area contributed by atoms with Crippen molar-refractivity contribution >= 4 is 17.5 Å². The van der Waals surface area contributed by atoms with Crippen LogP contribution in [-0.4, -0.2) is 6.15 Å². The third-order valence-corrected chi connectivity index (χ3v) is 2.94. The first-order valence-electron chi connectivity index (χ1n) is 4.53. The zero-order valence-corrected chi connectivity index (χ0v) is 9.90. The van der Waals surface area contributed by atoms with Crippen LogP contribution in [0.15, 0.2) is 11.4 Å². The van der Waals surface area contributed by atoms with E-state index in [0.29, 0.717) is 5.41 Å². The van der Waals surface area contributed by atoms with Gasteiger partial charge in [0, 0.05) is 4.88 Å². The average Bonchev–Trinajstić information content (AvgIpc) is 2.51. The third-order valence-electron chi connectivity index (χ3n) is 1.87. The zero-order chi connectivity index (χ0) is 11.2. The van der Waals surface area contributed by atoms with Gasteiger partial charge in [0.2, 0.25) is 0 Å². The van der Waals surface area contributed by atoms with Gasteiger partial charge in [0.05, 0.1) is 0 Å². The van der Waals surface area contributed by atoms with Crippen LogP contribution in [0, 0.1) is 0 Å². The maximum Gasteiger partial charge on any atom is 0.373 e. The van der Waals surface area contributed by atoms with E-state index in [-0.39, 0.29) is 6.15 Å². The molecular formula is C11H16O2S. The first-order chi connectivity index (χ1) is 6.47. The number of hydrogen-bond acceptors (Lipinski definition) is 3. The molecule has 0 unspecified atom stereocenters. The fourth-order valence-corrected chi connectivity index (χ4v) is 2.32. The summed E-state index contributed by atoms with van der Waals surface area (Å²) < 4.78 is 0. The molecule has 2 nitrogen and oxygen atoms in total. The van der Waals surface area contributed by atoms with Gasteiger partial charge in [-0.2, -0.15) is 9.59 Å². The van der Waals surface area contributed by atoms with Crippen molar-refractivity contribution in [2.45, 2.75) is 39.5 Å². The van der Waals surface area contributed by atoms with Crippen molar-refractivity contribution in [3.8, 4) is 0 Å². The topological polar surface area (TPSA) is 34.1 Å². The molecule has 14 heavy (non-hydrogen) atoms. The van der Waals surface area contributed by atoms with Crippen molar-refractivity contribution in [1.82, 2.24) is 0 Å². The highest BCUT2D eigenvalue weighted by atomic mass is 32.1. The lowest BCUT2D eigenvalue weighted by Crippen LogP contribution is -2.11. The molecule has 0 saturated carbocycles. The number of hydrogen-bond donors (Lipinski definition) is 0. The monoisotopic (exact) mass is 212 g/mol. The van der Waals surface area contributed by atoms with Gasteiger partial charge in [0.15, 0.2) is 0 Å². The van der Waals surface area contributed by atoms with Crippen LogP contribution in [0.5, 0.6) is 0 Å². The van der Waals surface area contributed by atoms with E-state index in [1.165, 1.54) is 16.9 Å². The highest BCUT2D eigenvalue weighted by Gasteiger charge is 2.17. The molecule has 0 fully saturated rings. The Morgan fingerprint density at radius 3 is 2.14 bits per heavy atom. The Hall–Kier alpha value is -0.920. The second kappa shape index (κ2) is 5.74. The lowest BCUT2D eigenvalue weighted by atomic mass is 9.87. The minimum atomic E-state index is 0.250. The van der Waals surface area contributed by atoms with Gasteiger partial charge in [-0.3, -0.25) is 0 Å². The molecule has 0 aliphatic carbocycles. The molecule has 3 heteroatoms. The molecule has 1 rings (SSSR count). The van der Waals surface area contributed by atoms with Gasteiger partial charge in [0.25, 0.3) is 0 Å². The smallest absolute Gasteiger partial charge is 0.186 e. The van der Waals surface area contributed by atoms with Crippen LogP contribution in [0.1, 0.15) is 38.1 Å². The summed E-state index contributed by atoms with van der Waals surface area (Å²) in [7, 11) is 0. The highest BCUT2D eigenvalue weighted by Crippen LogP contribution is 2.29. The van der Waals surface area contributed by atoms with Gasteiger partial charge in [0.1, 0.15) is 0 Å². The summed E-state index contributed by atoms with van der Waals surface area (Å²) in [4.78, 5) is 17.8. The second-order valence-electron chi connectivity index (χ2n) is 3.94. The second-order valence-corrected chi connectivity index (χ2v) is 4.95. The fraction of sp³-hybridized carbons (Fsp3) is 0.545. The Morgan fingerprint density at radius 2 is 1.86 bits per heavy atom. The molecule has 78 valence electrons. The van der Waals surface area contributed by atoms with E-state index < -0.39 is 0 Å². The van der Waals surface area contributed by atoms with E-state index >= 15 is 0 Å². The summed E-state index contributed by atoms with van der Waals surface area (Å²) in [5.74, 6) is 0. The van der Waals surface area contributed by atoms with Crippen molar-refractivity contribution in [1.29, 1.82) is 0 Å². The maximum absolute atomic E-state index is 8.12. The Balaban J connectivity index is 0.000000500. The van der Waals surface area contributed by atoms with Crippen LogP contribution in [0.25, 0.3) is 0 Å². The van der Waals surface area contributed by atoms with E-state index in [4.69, 9.17) is 9.59 Å². The Bertz CT molecular complexity index is 301. The predicted octanol–water partition coefficient (Wildman–Crippen LogP) is 3.02. The van der Waals surface area contributed by atoms with Crippen LogP contribution in [0.3, 0.4) is 0 Å². The number of thiophene rings is 1. The molecule has 0 N–H and O–H groups in total. The molecule has 0 saturated heterocycles. The fourth-order valence-electron chi connectivity index (χ4n) is 1.28. The molecule has 0 aliphatic rings. The van der Waals surface area contributed by atoms with Gasteiger partial charge in [-0.15, -0.1) is 11.3 Å². The van der Waals surface area contributed by atoms with Gasteiger partial charge in [-0.05, 0) is 28.8 Å². The summed E-state index contributed by atoms with van der Waals surface area (Å²) in [5.41, 5.74) is 1.84. The number of carbonyl (C=O) groups excluding carboxylic acids is 2. The van der Waals surface area contributed by atoms with E-state index in [1.807, 2.05) is 11.3 Å². The molecule has 0 bridgehead atoms. The lowest BCUT2D eigenvalue weighted by molar-refractivity contribution is -0.191. The quantitative estimate of drug-likeness (QED) is 0.717. The highest BCUT2D eigenvalue weighted by molar-refractivity contribution is 7.10. The third kappa shape index (κ3) is 3.86. The van der Waals surface area contributed by atoms with Gasteiger partial charge < -0.3 is 0 Å². The van der Waals surface area contributed by atoms with E-state index in [0.717, 1.165) is 0 Å². The average molecular weight is 212 g/mol. The normalized spacial score (nSPS) is 10.0. The summed E-state index contributed by atoms with van der Waals surface area (Å²) in [6.07, 6.45) is 1.42. The zero-order valence-electron chi connectivity index (χ0n) is 9.09. The van der Waals surface area contributed by atoms with E-state index in [2.05, 4.69) is 39.1 Å². The van der Waals surface area contributed by atoms with E-state index in [9.17, 15) is 0 Å². The van der Waals surface area contributed by atoms with Crippen LogP contribution < -0.4 is 0 Å². The standard InChI is InChI=1S/C10H16S.CO2/c1-5-9-8(6-7-11-9)10(2,3)4;2-1-3/h6-7H,5H2,1-4H3;. The van der Waals surface area contributed by atoms with Crippen molar-refractivity contribution < 1.29 is 9.59 Å². The Morgan fingerprint density at radius 1 is 1.36 bits per heavy atom. The molecule has 0 atom stereocenters. The molecule has 0 radical (unpaired) electrons. The van der Waals surface area contributed by atoms with Crippen molar-refractivity contribution in [2.75, 3.05) is 0 Å². The van der Waals surface area contributed by atoms with Crippen LogP contribution in [0.2, 0.25) is 0 Å². The minimum absolute atomic E-state index is 0.250. The van der Waals surface area contributed by atoms with Crippen LogP contribution in [0.4, 0.5) is 0 Å². The SMILES string of the molecule is CCc1sccc1C(C)(C)C.O=C=O. The molecule has 1 aromatic rings. The predicted molar refractivity (Wildman–Crippen MR) is 57.4 cm³/mol. The summed E-state index contributed by atoms with van der Waals surface area (Å²) in [6.45, 7) is 9.04. The maximum atomic E-state index is 8.12. The lowest BCUT2D eigenvalue weighted by Gasteiger charge is -2.18. The van der Waals surface area contributed by atoms with Gasteiger partial charge >= 0.3 is 6.15 Å². The van der Waals surface area contributed by atoms with Gasteiger partial charge in [-0.25, -0.2) is 0 Å². The van der Waals surface area contributed by atoms with Crippen molar-refractivity contribution in [3.05, 3.63) is 21.9 Å². The number of rotatable bonds is 1. The molecule has 0 amide bonds. The van der Waals surface area contributed by atoms with Crippen molar-refractivity contribution in [3.63, 3.8) is 0 Å². The van der Waals surface area contributed by atoms with Crippen molar-refractivity contribution in [2.24, 2.45) is 0 Å². The molecule has 0 spiro atoms. The van der Waals surface area contributed by atoms with Crippen LogP contribution in [-0.2, 0) is 21.4 Å². The van der Waals surface area contributed by atoms with Crippen LogP contribution >= 0.6 is 11.3 Å². The summed E-state index contributed by atoms with van der Waals surface area (Å²) >= 11 is 1.88. The molecule has 1 aromatic heterocycles. The summed E-state index contributed by atoms with van der Waals surface area (Å²) in [5, 5.41) is 2.19. The minimum Gasteiger partial charge on any atom is -0.186 e. The molecule has 1 heterocycles. The molecular weight excluding hydrogens is 196 g/mol. The summed E-state index contributed by atoms with van der Waals surface area (Å²) in [6, 6.07) is 2.25. The van der Waals surface area contributed by atoms with Gasteiger partial charge in [-0.1, -0.05) is 27.7 Å². The molecule has 0 aromatic carbocycles. The Kier molecular flexibility index (Phi) is 5.36. The van der Waals surface area contributed by atoms with E-state index in [1.54, 1.807) is 0 Å². The first kappa shape index (κ1) is 13.1. The largest absolute Gasteiger partial charge is 0.373 e. The first-order valence-corrected chi connectivity index (χ1v) is 5.41. The molecule has 0 aliphatic heterocycles.